The highest BCUT2D eigenvalue weighted by Gasteiger charge is 2.42. The van der Waals surface area contributed by atoms with Crippen LogP contribution in [0.3, 0.4) is 0 Å². The summed E-state index contributed by atoms with van der Waals surface area (Å²) in [6, 6.07) is 13.1. The maximum absolute atomic E-state index is 13.9. The molecule has 2 atom stereocenters. The van der Waals surface area contributed by atoms with E-state index in [2.05, 4.69) is 26.1 Å². The minimum Gasteiger partial charge on any atom is -0.352 e. The van der Waals surface area contributed by atoms with Crippen molar-refractivity contribution in [1.29, 1.82) is 0 Å². The highest BCUT2D eigenvalue weighted by atomic mass is 32.2. The van der Waals surface area contributed by atoms with Gasteiger partial charge in [0.2, 0.25) is 5.91 Å². The number of hydrogen-bond donors (Lipinski definition) is 1. The van der Waals surface area contributed by atoms with Crippen molar-refractivity contribution >= 4 is 23.6 Å². The van der Waals surface area contributed by atoms with E-state index in [4.69, 9.17) is 0 Å². The molecule has 30 heavy (non-hydrogen) atoms. The van der Waals surface area contributed by atoms with Crippen molar-refractivity contribution in [3.05, 3.63) is 71.0 Å². The lowest BCUT2D eigenvalue weighted by Gasteiger charge is -2.30. The Morgan fingerprint density at radius 3 is 2.37 bits per heavy atom. The Bertz CT molecular complexity index is 922. The molecule has 2 aromatic rings. The average molecular weight is 429 g/mol. The average Bonchev–Trinajstić information content (AvgIpc) is 3.11. The van der Waals surface area contributed by atoms with E-state index in [0.717, 1.165) is 5.56 Å². The van der Waals surface area contributed by atoms with Crippen LogP contribution in [0.15, 0.2) is 48.5 Å². The molecule has 160 valence electrons. The largest absolute Gasteiger partial charge is 0.352 e. The standard InChI is InChI=1S/C24H29FN2O2S/c1-15(2)26-21(28)20-14-30-23(17-7-6-8-19(25)13-17)27(20)22(29)16-9-11-18(12-10-16)24(3,4)5/h6-13,15,20,23H,14H2,1-5H3,(H,26,28)/t20-,23-/m1/s1. The van der Waals surface area contributed by atoms with Crippen molar-refractivity contribution in [2.75, 3.05) is 5.75 Å². The van der Waals surface area contributed by atoms with Crippen LogP contribution in [0.1, 0.15) is 61.5 Å². The lowest BCUT2D eigenvalue weighted by atomic mass is 9.86. The first-order chi connectivity index (χ1) is 14.1. The molecule has 1 N–H and O–H groups in total. The molecule has 1 fully saturated rings. The number of halogens is 1. The third kappa shape index (κ3) is 4.86. The van der Waals surface area contributed by atoms with Crippen LogP contribution >= 0.6 is 11.8 Å². The summed E-state index contributed by atoms with van der Waals surface area (Å²) in [5.41, 5.74) is 2.31. The van der Waals surface area contributed by atoms with Crippen molar-refractivity contribution in [2.24, 2.45) is 0 Å². The van der Waals surface area contributed by atoms with Gasteiger partial charge in [-0.05, 0) is 54.7 Å². The molecule has 4 nitrogen and oxygen atoms in total. The fourth-order valence-corrected chi connectivity index (χ4v) is 4.93. The zero-order valence-electron chi connectivity index (χ0n) is 18.1. The number of rotatable bonds is 4. The molecule has 0 saturated carbocycles. The maximum atomic E-state index is 13.9. The predicted octanol–water partition coefficient (Wildman–Crippen LogP) is 4.90. The summed E-state index contributed by atoms with van der Waals surface area (Å²) in [4.78, 5) is 28.0. The summed E-state index contributed by atoms with van der Waals surface area (Å²) < 4.78 is 13.9. The molecular formula is C24H29FN2O2S. The van der Waals surface area contributed by atoms with Crippen LogP contribution in [0.2, 0.25) is 0 Å². The number of nitrogens with zero attached hydrogens (tertiary/aromatic N) is 1. The molecule has 0 radical (unpaired) electrons. The van der Waals surface area contributed by atoms with Crippen molar-refractivity contribution < 1.29 is 14.0 Å². The van der Waals surface area contributed by atoms with E-state index in [-0.39, 0.29) is 29.1 Å². The zero-order valence-corrected chi connectivity index (χ0v) is 18.9. The second kappa shape index (κ2) is 8.80. The quantitative estimate of drug-likeness (QED) is 0.753. The molecule has 0 aliphatic carbocycles. The minimum atomic E-state index is -0.611. The van der Waals surface area contributed by atoms with Crippen LogP contribution in [0.5, 0.6) is 0 Å². The number of thioether (sulfide) groups is 1. The van der Waals surface area contributed by atoms with Crippen LogP contribution in [-0.2, 0) is 10.2 Å². The number of carbonyl (C=O) groups is 2. The molecule has 0 aromatic heterocycles. The van der Waals surface area contributed by atoms with Crippen LogP contribution in [0.4, 0.5) is 4.39 Å². The lowest BCUT2D eigenvalue weighted by Crippen LogP contribution is -2.49. The molecule has 0 bridgehead atoms. The van der Waals surface area contributed by atoms with E-state index in [9.17, 15) is 14.0 Å². The van der Waals surface area contributed by atoms with E-state index < -0.39 is 11.4 Å². The predicted molar refractivity (Wildman–Crippen MR) is 120 cm³/mol. The number of hydrogen-bond acceptors (Lipinski definition) is 3. The summed E-state index contributed by atoms with van der Waals surface area (Å²) >= 11 is 1.48. The van der Waals surface area contributed by atoms with Gasteiger partial charge < -0.3 is 10.2 Å². The smallest absolute Gasteiger partial charge is 0.255 e. The summed E-state index contributed by atoms with van der Waals surface area (Å²) in [6.45, 7) is 10.1. The van der Waals surface area contributed by atoms with Gasteiger partial charge in [-0.1, -0.05) is 45.0 Å². The van der Waals surface area contributed by atoms with E-state index in [1.807, 2.05) is 38.1 Å². The molecule has 1 aliphatic heterocycles. The topological polar surface area (TPSA) is 49.4 Å². The Morgan fingerprint density at radius 2 is 1.80 bits per heavy atom. The van der Waals surface area contributed by atoms with Crippen molar-refractivity contribution in [3.8, 4) is 0 Å². The Kier molecular flexibility index (Phi) is 6.56. The Morgan fingerprint density at radius 1 is 1.13 bits per heavy atom. The third-order valence-corrected chi connectivity index (χ3v) is 6.42. The normalized spacial score (nSPS) is 19.2. The van der Waals surface area contributed by atoms with E-state index in [1.54, 1.807) is 17.0 Å². The number of benzene rings is 2. The van der Waals surface area contributed by atoms with Gasteiger partial charge in [0.25, 0.3) is 5.91 Å². The highest BCUT2D eigenvalue weighted by molar-refractivity contribution is 7.99. The van der Waals surface area contributed by atoms with Crippen LogP contribution < -0.4 is 5.32 Å². The van der Waals surface area contributed by atoms with Crippen molar-refractivity contribution in [2.45, 2.75) is 57.5 Å². The van der Waals surface area contributed by atoms with Gasteiger partial charge in [0.05, 0.1) is 0 Å². The number of amides is 2. The SMILES string of the molecule is CC(C)NC(=O)[C@H]1CS[C@H](c2cccc(F)c2)N1C(=O)c1ccc(C(C)(C)C)cc1. The highest BCUT2D eigenvalue weighted by Crippen LogP contribution is 2.42. The number of carbonyl (C=O) groups excluding carboxylic acids is 2. The monoisotopic (exact) mass is 428 g/mol. The molecule has 2 amide bonds. The zero-order chi connectivity index (χ0) is 22.1. The fourth-order valence-electron chi connectivity index (χ4n) is 3.52. The van der Waals surface area contributed by atoms with Crippen molar-refractivity contribution in [1.82, 2.24) is 10.2 Å². The first-order valence-corrected chi connectivity index (χ1v) is 11.2. The minimum absolute atomic E-state index is 0.0190. The van der Waals surface area contributed by atoms with Gasteiger partial charge >= 0.3 is 0 Å². The first-order valence-electron chi connectivity index (χ1n) is 10.2. The molecule has 3 rings (SSSR count). The summed E-state index contributed by atoms with van der Waals surface area (Å²) in [6.07, 6.45) is 0. The molecular weight excluding hydrogens is 399 g/mol. The Balaban J connectivity index is 1.96. The van der Waals surface area contributed by atoms with Gasteiger partial charge in [0.15, 0.2) is 0 Å². The Labute approximate surface area is 182 Å². The first kappa shape index (κ1) is 22.3. The van der Waals surface area contributed by atoms with E-state index in [0.29, 0.717) is 16.9 Å². The summed E-state index contributed by atoms with van der Waals surface area (Å²) in [5, 5.41) is 2.50. The fraction of sp³-hybridized carbons (Fsp3) is 0.417. The molecule has 6 heteroatoms. The van der Waals surface area contributed by atoms with Gasteiger partial charge in [-0.15, -0.1) is 11.8 Å². The summed E-state index contributed by atoms with van der Waals surface area (Å²) in [7, 11) is 0. The molecule has 0 unspecified atom stereocenters. The maximum Gasteiger partial charge on any atom is 0.255 e. The van der Waals surface area contributed by atoms with Gasteiger partial charge in [-0.25, -0.2) is 4.39 Å². The third-order valence-electron chi connectivity index (χ3n) is 5.10. The van der Waals surface area contributed by atoms with Crippen LogP contribution in [0, 0.1) is 5.82 Å². The Hall–Kier alpha value is -2.34. The van der Waals surface area contributed by atoms with Gasteiger partial charge in [-0.2, -0.15) is 0 Å². The van der Waals surface area contributed by atoms with Crippen molar-refractivity contribution in [3.63, 3.8) is 0 Å². The second-order valence-corrected chi connectivity index (χ2v) is 10.1. The molecule has 0 spiro atoms. The van der Waals surface area contributed by atoms with Gasteiger partial charge in [0, 0.05) is 17.4 Å². The van der Waals surface area contributed by atoms with Crippen LogP contribution in [0.25, 0.3) is 0 Å². The van der Waals surface area contributed by atoms with E-state index >= 15 is 0 Å². The number of nitrogens with one attached hydrogen (secondary N) is 1. The molecule has 1 saturated heterocycles. The van der Waals surface area contributed by atoms with Gasteiger partial charge in [0.1, 0.15) is 17.2 Å². The molecule has 2 aromatic carbocycles. The molecule has 1 heterocycles. The molecule has 1 aliphatic rings. The van der Waals surface area contributed by atoms with Gasteiger partial charge in [-0.3, -0.25) is 9.59 Å². The second-order valence-electron chi connectivity index (χ2n) is 8.96. The van der Waals surface area contributed by atoms with E-state index in [1.165, 1.54) is 23.9 Å². The van der Waals surface area contributed by atoms with Crippen LogP contribution in [-0.4, -0.2) is 34.6 Å². The lowest BCUT2D eigenvalue weighted by molar-refractivity contribution is -0.125. The summed E-state index contributed by atoms with van der Waals surface area (Å²) in [5.74, 6) is -0.300.